The van der Waals surface area contributed by atoms with Gasteiger partial charge in [-0.1, -0.05) is 0 Å². The monoisotopic (exact) mass is 201 g/mol. The van der Waals surface area contributed by atoms with Crippen LogP contribution in [0.2, 0.25) is 0 Å². The van der Waals surface area contributed by atoms with Crippen molar-refractivity contribution in [1.82, 2.24) is 0 Å². The van der Waals surface area contributed by atoms with E-state index in [1.807, 2.05) is 0 Å². The molecule has 0 aromatic heterocycles. The van der Waals surface area contributed by atoms with Gasteiger partial charge in [0.2, 0.25) is 0 Å². The number of hydrogen-bond donors (Lipinski definition) is 1. The molecule has 0 aliphatic carbocycles. The molecule has 0 bridgehead atoms. The van der Waals surface area contributed by atoms with Crippen LogP contribution in [0, 0.1) is 5.92 Å². The van der Waals surface area contributed by atoms with Crippen LogP contribution in [0.25, 0.3) is 0 Å². The molecule has 2 unspecified atom stereocenters. The lowest BCUT2D eigenvalue weighted by Crippen LogP contribution is -2.34. The Morgan fingerprint density at radius 1 is 1.54 bits per heavy atom. The zero-order valence-corrected chi connectivity index (χ0v) is 8.94. The molecule has 2 fully saturated rings. The predicted molar refractivity (Wildman–Crippen MR) is 57.0 cm³/mol. The van der Waals surface area contributed by atoms with Gasteiger partial charge in [-0.3, -0.25) is 0 Å². The molecule has 2 aliphatic heterocycles. The first-order chi connectivity index (χ1) is 6.35. The molecule has 2 aliphatic rings. The molecule has 2 atom stereocenters. The van der Waals surface area contributed by atoms with Crippen molar-refractivity contribution < 1.29 is 4.74 Å². The van der Waals surface area contributed by atoms with Crippen molar-refractivity contribution in [1.29, 1.82) is 0 Å². The maximum atomic E-state index is 5.89. The molecule has 13 heavy (non-hydrogen) atoms. The quantitative estimate of drug-likeness (QED) is 0.754. The smallest absolute Gasteiger partial charge is 0.0495 e. The molecule has 2 N–H and O–H groups in total. The van der Waals surface area contributed by atoms with Gasteiger partial charge in [-0.25, -0.2) is 0 Å². The van der Waals surface area contributed by atoms with Crippen molar-refractivity contribution in [2.24, 2.45) is 11.7 Å². The van der Waals surface area contributed by atoms with Gasteiger partial charge in [0.15, 0.2) is 0 Å². The van der Waals surface area contributed by atoms with Crippen LogP contribution in [-0.4, -0.2) is 30.3 Å². The van der Waals surface area contributed by atoms with Crippen molar-refractivity contribution in [3.05, 3.63) is 0 Å². The zero-order valence-electron chi connectivity index (χ0n) is 8.13. The van der Waals surface area contributed by atoms with E-state index >= 15 is 0 Å². The van der Waals surface area contributed by atoms with E-state index in [1.165, 1.54) is 31.4 Å². The third-order valence-electron chi connectivity index (χ3n) is 3.24. The summed E-state index contributed by atoms with van der Waals surface area (Å²) in [5, 5.41) is 0. The van der Waals surface area contributed by atoms with E-state index in [1.54, 1.807) is 0 Å². The van der Waals surface area contributed by atoms with Crippen molar-refractivity contribution in [3.8, 4) is 0 Å². The van der Waals surface area contributed by atoms with E-state index in [2.05, 4.69) is 11.8 Å². The normalized spacial score (nSPS) is 39.9. The minimum absolute atomic E-state index is 0.415. The van der Waals surface area contributed by atoms with Crippen LogP contribution in [0.1, 0.15) is 25.7 Å². The first-order valence-electron chi connectivity index (χ1n) is 5.26. The Bertz CT molecular complexity index is 162. The Hall–Kier alpha value is 0.270. The summed E-state index contributed by atoms with van der Waals surface area (Å²) < 4.78 is 5.82. The van der Waals surface area contributed by atoms with Gasteiger partial charge in [0.1, 0.15) is 0 Å². The topological polar surface area (TPSA) is 35.2 Å². The average Bonchev–Trinajstić information content (AvgIpc) is 2.77. The van der Waals surface area contributed by atoms with Gasteiger partial charge in [-0.05, 0) is 37.4 Å². The van der Waals surface area contributed by atoms with E-state index in [4.69, 9.17) is 10.5 Å². The Balaban J connectivity index is 1.88. The molecule has 2 heterocycles. The van der Waals surface area contributed by atoms with Crippen LogP contribution in [0.15, 0.2) is 0 Å². The molecule has 2 saturated heterocycles. The second-order valence-corrected chi connectivity index (χ2v) is 5.84. The van der Waals surface area contributed by atoms with E-state index in [0.717, 1.165) is 25.7 Å². The summed E-state index contributed by atoms with van der Waals surface area (Å²) in [7, 11) is 0. The average molecular weight is 201 g/mol. The minimum atomic E-state index is 0.415. The highest BCUT2D eigenvalue weighted by molar-refractivity contribution is 8.00. The van der Waals surface area contributed by atoms with Gasteiger partial charge in [-0.2, -0.15) is 11.8 Å². The molecule has 2 rings (SSSR count). The molecule has 0 aromatic rings. The van der Waals surface area contributed by atoms with Crippen molar-refractivity contribution in [2.75, 3.05) is 25.5 Å². The van der Waals surface area contributed by atoms with Gasteiger partial charge < -0.3 is 10.5 Å². The van der Waals surface area contributed by atoms with E-state index in [-0.39, 0.29) is 0 Å². The highest BCUT2D eigenvalue weighted by Gasteiger charge is 2.36. The number of thioether (sulfide) groups is 1. The van der Waals surface area contributed by atoms with Crippen molar-refractivity contribution >= 4 is 11.8 Å². The fourth-order valence-electron chi connectivity index (χ4n) is 2.43. The Morgan fingerprint density at radius 2 is 2.46 bits per heavy atom. The van der Waals surface area contributed by atoms with E-state index < -0.39 is 0 Å². The van der Waals surface area contributed by atoms with Crippen LogP contribution < -0.4 is 5.73 Å². The lowest BCUT2D eigenvalue weighted by atomic mass is 9.90. The molecular weight excluding hydrogens is 182 g/mol. The van der Waals surface area contributed by atoms with Gasteiger partial charge in [0.25, 0.3) is 0 Å². The van der Waals surface area contributed by atoms with Gasteiger partial charge in [0.05, 0.1) is 0 Å². The second kappa shape index (κ2) is 4.20. The summed E-state index contributed by atoms with van der Waals surface area (Å²) in [4.78, 5) is 0. The van der Waals surface area contributed by atoms with Crippen LogP contribution >= 0.6 is 11.8 Å². The molecule has 0 saturated carbocycles. The van der Waals surface area contributed by atoms with Crippen LogP contribution in [0.5, 0.6) is 0 Å². The first-order valence-corrected chi connectivity index (χ1v) is 6.25. The van der Waals surface area contributed by atoms with Crippen LogP contribution in [0.4, 0.5) is 0 Å². The SMILES string of the molecule is NCC1(CC2CCOC2)CCCS1. The van der Waals surface area contributed by atoms with Crippen LogP contribution in [-0.2, 0) is 4.74 Å². The fraction of sp³-hybridized carbons (Fsp3) is 1.00. The van der Waals surface area contributed by atoms with Crippen molar-refractivity contribution in [3.63, 3.8) is 0 Å². The molecular formula is C10H19NOS. The second-order valence-electron chi connectivity index (χ2n) is 4.27. The van der Waals surface area contributed by atoms with Gasteiger partial charge in [0, 0.05) is 24.5 Å². The molecule has 2 nitrogen and oxygen atoms in total. The highest BCUT2D eigenvalue weighted by atomic mass is 32.2. The predicted octanol–water partition coefficient (Wildman–Crippen LogP) is 1.64. The zero-order chi connectivity index (χ0) is 9.15. The number of rotatable bonds is 3. The summed E-state index contributed by atoms with van der Waals surface area (Å²) in [6, 6.07) is 0. The lowest BCUT2D eigenvalue weighted by molar-refractivity contribution is 0.181. The molecule has 76 valence electrons. The van der Waals surface area contributed by atoms with Gasteiger partial charge >= 0.3 is 0 Å². The number of hydrogen-bond acceptors (Lipinski definition) is 3. The van der Waals surface area contributed by atoms with Gasteiger partial charge in [-0.15, -0.1) is 0 Å². The first kappa shape index (κ1) is 9.81. The van der Waals surface area contributed by atoms with E-state index in [0.29, 0.717) is 4.75 Å². The summed E-state index contributed by atoms with van der Waals surface area (Å²) in [6.07, 6.45) is 5.22. The lowest BCUT2D eigenvalue weighted by Gasteiger charge is -2.28. The minimum Gasteiger partial charge on any atom is -0.381 e. The summed E-state index contributed by atoms with van der Waals surface area (Å²) >= 11 is 2.10. The third-order valence-corrected chi connectivity index (χ3v) is 4.88. The summed E-state index contributed by atoms with van der Waals surface area (Å²) in [6.45, 7) is 2.80. The van der Waals surface area contributed by atoms with Crippen molar-refractivity contribution in [2.45, 2.75) is 30.4 Å². The fourth-order valence-corrected chi connectivity index (χ4v) is 3.91. The standard InChI is InChI=1S/C10H19NOS/c11-8-10(3-1-5-13-10)6-9-2-4-12-7-9/h9H,1-8,11H2. The maximum absolute atomic E-state index is 5.89. The summed E-state index contributed by atoms with van der Waals surface area (Å²) in [5.41, 5.74) is 5.89. The third kappa shape index (κ3) is 2.20. The van der Waals surface area contributed by atoms with Crippen LogP contribution in [0.3, 0.4) is 0 Å². The Morgan fingerprint density at radius 3 is 3.00 bits per heavy atom. The molecule has 0 amide bonds. The molecule has 0 aromatic carbocycles. The Labute approximate surface area is 84.6 Å². The summed E-state index contributed by atoms with van der Waals surface area (Å²) in [5.74, 6) is 2.10. The molecule has 0 spiro atoms. The number of ether oxygens (including phenoxy) is 1. The maximum Gasteiger partial charge on any atom is 0.0495 e. The largest absolute Gasteiger partial charge is 0.381 e. The Kier molecular flexibility index (Phi) is 3.17. The molecule has 0 radical (unpaired) electrons. The molecule has 3 heteroatoms. The highest BCUT2D eigenvalue weighted by Crippen LogP contribution is 2.43. The van der Waals surface area contributed by atoms with E-state index in [9.17, 15) is 0 Å². The number of nitrogens with two attached hydrogens (primary N) is 1.